The van der Waals surface area contributed by atoms with Gasteiger partial charge >= 0.3 is 0 Å². The summed E-state index contributed by atoms with van der Waals surface area (Å²) in [6.07, 6.45) is 2.83. The normalized spacial score (nSPS) is 24.1. The second-order valence-corrected chi connectivity index (χ2v) is 5.49. The molecule has 1 N–H and O–H groups in total. The van der Waals surface area contributed by atoms with E-state index in [9.17, 15) is 14.3 Å². The molecule has 0 spiro atoms. The van der Waals surface area contributed by atoms with Gasteiger partial charge in [0.15, 0.2) is 0 Å². The lowest BCUT2D eigenvalue weighted by Crippen LogP contribution is -2.33. The van der Waals surface area contributed by atoms with Crippen molar-refractivity contribution in [2.45, 2.75) is 31.8 Å². The molecule has 0 radical (unpaired) electrons. The molecular formula is C13H16ClFN2O2. The van der Waals surface area contributed by atoms with E-state index >= 15 is 0 Å². The van der Waals surface area contributed by atoms with Crippen molar-refractivity contribution in [1.29, 1.82) is 0 Å². The van der Waals surface area contributed by atoms with E-state index in [2.05, 4.69) is 4.98 Å². The van der Waals surface area contributed by atoms with E-state index in [4.69, 9.17) is 11.6 Å². The maximum Gasteiger partial charge on any atom is 0.257 e. The number of likely N-dealkylation sites (tertiary alicyclic amines) is 1. The summed E-state index contributed by atoms with van der Waals surface area (Å²) in [5.41, 5.74) is -0.679. The van der Waals surface area contributed by atoms with Gasteiger partial charge in [0.2, 0.25) is 0 Å². The monoisotopic (exact) mass is 286 g/mol. The number of halogens is 2. The van der Waals surface area contributed by atoms with E-state index in [0.29, 0.717) is 32.4 Å². The van der Waals surface area contributed by atoms with Crippen LogP contribution in [0.1, 0.15) is 36.5 Å². The molecule has 1 aromatic rings. The number of hydrogen-bond acceptors (Lipinski definition) is 3. The van der Waals surface area contributed by atoms with Crippen molar-refractivity contribution in [3.8, 4) is 0 Å². The number of nitrogens with zero attached hydrogens (tertiary/aromatic N) is 2. The molecule has 1 aliphatic heterocycles. The standard InChI is InChI=1S/C13H16ClFN2O2/c1-13(19)3-2-5-17(6-4-13)12(18)10-7-9(15)8-16-11(10)14/h7-8,19H,2-6H2,1H3. The first kappa shape index (κ1) is 14.2. The number of pyridine rings is 1. The number of amides is 1. The Morgan fingerprint density at radius 1 is 1.53 bits per heavy atom. The lowest BCUT2D eigenvalue weighted by atomic mass is 9.98. The van der Waals surface area contributed by atoms with Crippen LogP contribution in [0.15, 0.2) is 12.3 Å². The maximum atomic E-state index is 13.1. The first-order valence-corrected chi connectivity index (χ1v) is 6.59. The van der Waals surface area contributed by atoms with Crippen LogP contribution in [0.4, 0.5) is 4.39 Å². The predicted octanol–water partition coefficient (Wildman–Crippen LogP) is 2.25. The smallest absolute Gasteiger partial charge is 0.257 e. The molecule has 1 fully saturated rings. The van der Waals surface area contributed by atoms with E-state index in [1.54, 1.807) is 11.8 Å². The maximum absolute atomic E-state index is 13.1. The molecular weight excluding hydrogens is 271 g/mol. The quantitative estimate of drug-likeness (QED) is 0.806. The first-order chi connectivity index (χ1) is 8.89. The van der Waals surface area contributed by atoms with E-state index < -0.39 is 11.4 Å². The Morgan fingerprint density at radius 3 is 3.00 bits per heavy atom. The summed E-state index contributed by atoms with van der Waals surface area (Å²) >= 11 is 5.83. The topological polar surface area (TPSA) is 53.4 Å². The zero-order chi connectivity index (χ0) is 14.0. The van der Waals surface area contributed by atoms with E-state index in [1.165, 1.54) is 0 Å². The van der Waals surface area contributed by atoms with Gasteiger partial charge in [-0.1, -0.05) is 11.6 Å². The summed E-state index contributed by atoms with van der Waals surface area (Å²) in [5.74, 6) is -0.927. The Morgan fingerprint density at radius 2 is 2.26 bits per heavy atom. The lowest BCUT2D eigenvalue weighted by Gasteiger charge is -2.22. The average Bonchev–Trinajstić information content (AvgIpc) is 2.52. The lowest BCUT2D eigenvalue weighted by molar-refractivity contribution is 0.0438. The minimum Gasteiger partial charge on any atom is -0.390 e. The SMILES string of the molecule is CC1(O)CCCN(C(=O)c2cc(F)cnc2Cl)CC1. The Labute approximate surface area is 116 Å². The molecule has 2 heterocycles. The van der Waals surface area contributed by atoms with Gasteiger partial charge in [0, 0.05) is 13.1 Å². The third-order valence-electron chi connectivity index (χ3n) is 3.39. The highest BCUT2D eigenvalue weighted by atomic mass is 35.5. The van der Waals surface area contributed by atoms with Gasteiger partial charge in [0.05, 0.1) is 17.4 Å². The highest BCUT2D eigenvalue weighted by molar-refractivity contribution is 6.32. The molecule has 6 heteroatoms. The first-order valence-electron chi connectivity index (χ1n) is 6.22. The molecule has 4 nitrogen and oxygen atoms in total. The number of carbonyl (C=O) groups excluding carboxylic acids is 1. The molecule has 104 valence electrons. The van der Waals surface area contributed by atoms with Crippen LogP contribution in [0, 0.1) is 5.82 Å². The second-order valence-electron chi connectivity index (χ2n) is 5.13. The summed E-state index contributed by atoms with van der Waals surface area (Å²) in [6, 6.07) is 1.10. The third kappa shape index (κ3) is 3.42. The molecule has 0 saturated carbocycles. The molecule has 1 saturated heterocycles. The molecule has 1 aromatic heterocycles. The van der Waals surface area contributed by atoms with Gasteiger partial charge in [-0.25, -0.2) is 9.37 Å². The Kier molecular flexibility index (Phi) is 4.06. The van der Waals surface area contributed by atoms with Crippen molar-refractivity contribution in [3.63, 3.8) is 0 Å². The van der Waals surface area contributed by atoms with Crippen LogP contribution >= 0.6 is 11.6 Å². The summed E-state index contributed by atoms with van der Waals surface area (Å²) < 4.78 is 13.1. The number of hydrogen-bond donors (Lipinski definition) is 1. The Balaban J connectivity index is 2.17. The van der Waals surface area contributed by atoms with Crippen LogP contribution in [-0.4, -0.2) is 39.6 Å². The van der Waals surface area contributed by atoms with Crippen molar-refractivity contribution in [3.05, 3.63) is 28.8 Å². The van der Waals surface area contributed by atoms with Crippen LogP contribution in [0.5, 0.6) is 0 Å². The number of aliphatic hydroxyl groups is 1. The van der Waals surface area contributed by atoms with E-state index in [0.717, 1.165) is 12.3 Å². The van der Waals surface area contributed by atoms with Crippen LogP contribution < -0.4 is 0 Å². The summed E-state index contributed by atoms with van der Waals surface area (Å²) in [6.45, 7) is 2.72. The number of aromatic nitrogens is 1. The van der Waals surface area contributed by atoms with Crippen LogP contribution in [0.2, 0.25) is 5.15 Å². The van der Waals surface area contributed by atoms with Gasteiger partial charge in [0.1, 0.15) is 11.0 Å². The fourth-order valence-corrected chi connectivity index (χ4v) is 2.39. The molecule has 2 rings (SSSR count). The van der Waals surface area contributed by atoms with Gasteiger partial charge in [-0.3, -0.25) is 4.79 Å². The van der Waals surface area contributed by atoms with Gasteiger partial charge in [0.25, 0.3) is 5.91 Å². The third-order valence-corrected chi connectivity index (χ3v) is 3.69. The second kappa shape index (κ2) is 5.43. The van der Waals surface area contributed by atoms with Gasteiger partial charge < -0.3 is 10.0 Å². The zero-order valence-corrected chi connectivity index (χ0v) is 11.5. The number of rotatable bonds is 1. The Bertz CT molecular complexity index is 494. The zero-order valence-electron chi connectivity index (χ0n) is 10.7. The van der Waals surface area contributed by atoms with Crippen molar-refractivity contribution >= 4 is 17.5 Å². The minimum atomic E-state index is -0.751. The highest BCUT2D eigenvalue weighted by Gasteiger charge is 2.28. The van der Waals surface area contributed by atoms with Crippen molar-refractivity contribution in [2.75, 3.05) is 13.1 Å². The van der Waals surface area contributed by atoms with E-state index in [-0.39, 0.29) is 16.6 Å². The molecule has 19 heavy (non-hydrogen) atoms. The number of carbonyl (C=O) groups is 1. The fraction of sp³-hybridized carbons (Fsp3) is 0.538. The average molecular weight is 287 g/mol. The predicted molar refractivity (Wildman–Crippen MR) is 69.6 cm³/mol. The van der Waals surface area contributed by atoms with Gasteiger partial charge in [-0.05, 0) is 32.3 Å². The summed E-state index contributed by atoms with van der Waals surface area (Å²) in [7, 11) is 0. The largest absolute Gasteiger partial charge is 0.390 e. The van der Waals surface area contributed by atoms with Crippen molar-refractivity contribution in [1.82, 2.24) is 9.88 Å². The van der Waals surface area contributed by atoms with Gasteiger partial charge in [-0.2, -0.15) is 0 Å². The summed E-state index contributed by atoms with van der Waals surface area (Å²) in [5, 5.41) is 9.99. The molecule has 0 aromatic carbocycles. The highest BCUT2D eigenvalue weighted by Crippen LogP contribution is 2.23. The van der Waals surface area contributed by atoms with Crippen LogP contribution in [-0.2, 0) is 0 Å². The Hall–Kier alpha value is -1.20. The van der Waals surface area contributed by atoms with Crippen molar-refractivity contribution < 1.29 is 14.3 Å². The van der Waals surface area contributed by atoms with Gasteiger partial charge in [-0.15, -0.1) is 0 Å². The minimum absolute atomic E-state index is 0.00223. The molecule has 0 aliphatic carbocycles. The molecule has 1 atom stereocenters. The van der Waals surface area contributed by atoms with E-state index in [1.807, 2.05) is 0 Å². The fourth-order valence-electron chi connectivity index (χ4n) is 2.21. The summed E-state index contributed by atoms with van der Waals surface area (Å²) in [4.78, 5) is 17.5. The van der Waals surface area contributed by atoms with Crippen molar-refractivity contribution in [2.24, 2.45) is 0 Å². The molecule has 1 unspecified atom stereocenters. The molecule has 1 amide bonds. The van der Waals surface area contributed by atoms with Crippen LogP contribution in [0.3, 0.4) is 0 Å². The molecule has 1 aliphatic rings. The molecule has 0 bridgehead atoms. The van der Waals surface area contributed by atoms with Crippen LogP contribution in [0.25, 0.3) is 0 Å².